The van der Waals surface area contributed by atoms with Gasteiger partial charge in [-0.3, -0.25) is 4.68 Å². The van der Waals surface area contributed by atoms with E-state index >= 15 is 0 Å². The molecule has 0 bridgehead atoms. The zero-order valence-electron chi connectivity index (χ0n) is 9.56. The maximum atomic E-state index is 5.92. The average Bonchev–Trinajstić information content (AvgIpc) is 2.85. The molecule has 0 aliphatic carbocycles. The van der Waals surface area contributed by atoms with Gasteiger partial charge in [0.15, 0.2) is 0 Å². The zero-order chi connectivity index (χ0) is 10.8. The minimum absolute atomic E-state index is 0.0724. The van der Waals surface area contributed by atoms with Gasteiger partial charge in [-0.25, -0.2) is 0 Å². The Morgan fingerprint density at radius 3 is 3.07 bits per heavy atom. The fourth-order valence-electron chi connectivity index (χ4n) is 2.29. The lowest BCUT2D eigenvalue weighted by atomic mass is 10.2. The van der Waals surface area contributed by atoms with Crippen molar-refractivity contribution in [3.8, 4) is 0 Å². The summed E-state index contributed by atoms with van der Waals surface area (Å²) in [5.74, 6) is 0. The molecule has 15 heavy (non-hydrogen) atoms. The van der Waals surface area contributed by atoms with Crippen LogP contribution in [0.5, 0.6) is 0 Å². The van der Waals surface area contributed by atoms with Crippen molar-refractivity contribution in [3.63, 3.8) is 0 Å². The first-order valence-electron chi connectivity index (χ1n) is 5.73. The summed E-state index contributed by atoms with van der Waals surface area (Å²) in [6, 6.07) is 2.61. The van der Waals surface area contributed by atoms with Gasteiger partial charge in [0.1, 0.15) is 0 Å². The number of nitrogens with two attached hydrogens (primary N) is 1. The van der Waals surface area contributed by atoms with Crippen LogP contribution in [-0.2, 0) is 0 Å². The van der Waals surface area contributed by atoms with Gasteiger partial charge < -0.3 is 10.6 Å². The molecular formula is C11H20N4. The number of hydrogen-bond donors (Lipinski definition) is 1. The maximum Gasteiger partial charge on any atom is 0.0662 e. The molecule has 2 heterocycles. The highest BCUT2D eigenvalue weighted by atomic mass is 15.3. The van der Waals surface area contributed by atoms with E-state index in [9.17, 15) is 0 Å². The molecule has 1 fully saturated rings. The maximum absolute atomic E-state index is 5.92. The molecule has 84 valence electrons. The lowest BCUT2D eigenvalue weighted by Crippen LogP contribution is -2.23. The Morgan fingerprint density at radius 2 is 2.47 bits per heavy atom. The largest absolute Gasteiger partial charge is 0.323 e. The van der Waals surface area contributed by atoms with Crippen LogP contribution in [-0.4, -0.2) is 34.3 Å². The van der Waals surface area contributed by atoms with Crippen LogP contribution in [0.25, 0.3) is 0 Å². The summed E-state index contributed by atoms with van der Waals surface area (Å²) < 4.78 is 2.11. The summed E-state index contributed by atoms with van der Waals surface area (Å²) in [5, 5.41) is 4.40. The molecule has 2 unspecified atom stereocenters. The fraction of sp³-hybridized carbons (Fsp3) is 0.727. The van der Waals surface area contributed by atoms with E-state index in [-0.39, 0.29) is 6.04 Å². The molecule has 2 rings (SSSR count). The lowest BCUT2D eigenvalue weighted by molar-refractivity contribution is 0.332. The second kappa shape index (κ2) is 4.33. The van der Waals surface area contributed by atoms with Crippen LogP contribution in [0.2, 0.25) is 0 Å². The van der Waals surface area contributed by atoms with E-state index in [1.165, 1.54) is 13.0 Å². The van der Waals surface area contributed by atoms with Gasteiger partial charge >= 0.3 is 0 Å². The van der Waals surface area contributed by atoms with E-state index in [1.807, 2.05) is 19.2 Å². The summed E-state index contributed by atoms with van der Waals surface area (Å²) in [7, 11) is 0. The van der Waals surface area contributed by atoms with Crippen molar-refractivity contribution in [2.24, 2.45) is 5.73 Å². The first-order chi connectivity index (χ1) is 7.22. The third-order valence-electron chi connectivity index (χ3n) is 3.21. The van der Waals surface area contributed by atoms with Crippen molar-refractivity contribution < 1.29 is 0 Å². The Morgan fingerprint density at radius 1 is 1.67 bits per heavy atom. The second-order valence-electron chi connectivity index (χ2n) is 4.33. The number of likely N-dealkylation sites (tertiary alicyclic amines) is 1. The molecule has 4 heteroatoms. The number of hydrogen-bond acceptors (Lipinski definition) is 3. The molecule has 1 aromatic heterocycles. The summed E-state index contributed by atoms with van der Waals surface area (Å²) in [6.07, 6.45) is 3.04. The first kappa shape index (κ1) is 10.6. The average molecular weight is 208 g/mol. The van der Waals surface area contributed by atoms with E-state index in [2.05, 4.69) is 21.6 Å². The SMILES string of the molecule is CCN1CCC(n2nccc2C(C)N)C1. The quantitative estimate of drug-likeness (QED) is 0.811. The highest BCUT2D eigenvalue weighted by molar-refractivity contribution is 5.07. The third-order valence-corrected chi connectivity index (χ3v) is 3.21. The number of likely N-dealkylation sites (N-methyl/N-ethyl adjacent to an activating group) is 1. The molecule has 1 saturated heterocycles. The Hall–Kier alpha value is -0.870. The normalized spacial score (nSPS) is 24.6. The van der Waals surface area contributed by atoms with Crippen LogP contribution >= 0.6 is 0 Å². The van der Waals surface area contributed by atoms with Crippen molar-refractivity contribution in [1.29, 1.82) is 0 Å². The van der Waals surface area contributed by atoms with E-state index in [0.717, 1.165) is 18.8 Å². The summed E-state index contributed by atoms with van der Waals surface area (Å²) >= 11 is 0. The van der Waals surface area contributed by atoms with Crippen molar-refractivity contribution in [1.82, 2.24) is 14.7 Å². The summed E-state index contributed by atoms with van der Waals surface area (Å²) in [5.41, 5.74) is 7.07. The molecule has 2 N–H and O–H groups in total. The standard InChI is InChI=1S/C11H20N4/c1-3-14-7-5-10(8-14)15-11(9(2)12)4-6-13-15/h4,6,9-10H,3,5,7-8,12H2,1-2H3. The monoisotopic (exact) mass is 208 g/mol. The predicted molar refractivity (Wildman–Crippen MR) is 60.6 cm³/mol. The van der Waals surface area contributed by atoms with Crippen LogP contribution in [0.3, 0.4) is 0 Å². The molecule has 0 spiro atoms. The Balaban J connectivity index is 2.13. The molecule has 2 atom stereocenters. The highest BCUT2D eigenvalue weighted by Crippen LogP contribution is 2.23. The molecule has 1 aliphatic heterocycles. The van der Waals surface area contributed by atoms with Gasteiger partial charge in [0.25, 0.3) is 0 Å². The minimum atomic E-state index is 0.0724. The highest BCUT2D eigenvalue weighted by Gasteiger charge is 2.25. The van der Waals surface area contributed by atoms with Crippen LogP contribution < -0.4 is 5.73 Å². The third kappa shape index (κ3) is 2.06. The van der Waals surface area contributed by atoms with E-state index in [0.29, 0.717) is 6.04 Å². The van der Waals surface area contributed by atoms with Crippen molar-refractivity contribution in [2.75, 3.05) is 19.6 Å². The Kier molecular flexibility index (Phi) is 3.07. The predicted octanol–water partition coefficient (Wildman–Crippen LogP) is 1.17. The second-order valence-corrected chi connectivity index (χ2v) is 4.33. The van der Waals surface area contributed by atoms with Gasteiger partial charge in [-0.1, -0.05) is 6.92 Å². The minimum Gasteiger partial charge on any atom is -0.323 e. The van der Waals surface area contributed by atoms with Crippen molar-refractivity contribution >= 4 is 0 Å². The summed E-state index contributed by atoms with van der Waals surface area (Å²) in [6.45, 7) is 7.64. The van der Waals surface area contributed by atoms with Gasteiger partial charge in [0.05, 0.1) is 11.7 Å². The number of nitrogens with zero attached hydrogens (tertiary/aromatic N) is 3. The van der Waals surface area contributed by atoms with Gasteiger partial charge in [-0.2, -0.15) is 5.10 Å². The van der Waals surface area contributed by atoms with Crippen molar-refractivity contribution in [2.45, 2.75) is 32.4 Å². The topological polar surface area (TPSA) is 47.1 Å². The lowest BCUT2D eigenvalue weighted by Gasteiger charge is -2.17. The molecule has 1 aromatic rings. The molecular weight excluding hydrogens is 188 g/mol. The Bertz CT molecular complexity index is 318. The number of rotatable bonds is 3. The first-order valence-corrected chi connectivity index (χ1v) is 5.73. The molecule has 0 saturated carbocycles. The van der Waals surface area contributed by atoms with Gasteiger partial charge in [0.2, 0.25) is 0 Å². The fourth-order valence-corrected chi connectivity index (χ4v) is 2.29. The molecule has 4 nitrogen and oxygen atoms in total. The summed E-state index contributed by atoms with van der Waals surface area (Å²) in [4.78, 5) is 2.46. The number of aromatic nitrogens is 2. The van der Waals surface area contributed by atoms with Gasteiger partial charge in [0, 0.05) is 25.3 Å². The van der Waals surface area contributed by atoms with Crippen LogP contribution in [0, 0.1) is 0 Å². The van der Waals surface area contributed by atoms with Crippen LogP contribution in [0.1, 0.15) is 38.0 Å². The molecule has 0 aromatic carbocycles. The van der Waals surface area contributed by atoms with E-state index in [4.69, 9.17) is 5.73 Å². The zero-order valence-corrected chi connectivity index (χ0v) is 9.56. The van der Waals surface area contributed by atoms with Crippen LogP contribution in [0.4, 0.5) is 0 Å². The molecule has 0 radical (unpaired) electrons. The van der Waals surface area contributed by atoms with Gasteiger partial charge in [-0.05, 0) is 26.0 Å². The van der Waals surface area contributed by atoms with E-state index in [1.54, 1.807) is 0 Å². The molecule has 0 amide bonds. The van der Waals surface area contributed by atoms with Crippen molar-refractivity contribution in [3.05, 3.63) is 18.0 Å². The smallest absolute Gasteiger partial charge is 0.0662 e. The Labute approximate surface area is 91.1 Å². The van der Waals surface area contributed by atoms with Gasteiger partial charge in [-0.15, -0.1) is 0 Å². The van der Waals surface area contributed by atoms with E-state index < -0.39 is 0 Å². The van der Waals surface area contributed by atoms with Crippen LogP contribution in [0.15, 0.2) is 12.3 Å². The molecule has 1 aliphatic rings.